The van der Waals surface area contributed by atoms with Gasteiger partial charge >= 0.3 is 5.97 Å². The van der Waals surface area contributed by atoms with E-state index < -0.39 is 0 Å². The molecule has 0 saturated carbocycles. The summed E-state index contributed by atoms with van der Waals surface area (Å²) in [5.74, 6) is -0.196. The van der Waals surface area contributed by atoms with Gasteiger partial charge in [-0.1, -0.05) is 0 Å². The highest BCUT2D eigenvalue weighted by molar-refractivity contribution is 7.09. The molecular formula is C11H16N2O2S. The molecule has 2 rings (SSSR count). The molecule has 1 aliphatic heterocycles. The number of aromatic nitrogens is 1. The number of rotatable bonds is 4. The lowest BCUT2D eigenvalue weighted by Crippen LogP contribution is -2.13. The van der Waals surface area contributed by atoms with Gasteiger partial charge in [0.1, 0.15) is 5.01 Å². The molecular weight excluding hydrogens is 224 g/mol. The molecule has 1 saturated heterocycles. The molecule has 0 radical (unpaired) electrons. The second kappa shape index (κ2) is 5.41. The summed E-state index contributed by atoms with van der Waals surface area (Å²) in [6.07, 6.45) is 2.64. The van der Waals surface area contributed by atoms with E-state index >= 15 is 0 Å². The Morgan fingerprint density at radius 3 is 3.31 bits per heavy atom. The van der Waals surface area contributed by atoms with E-state index in [0.717, 1.165) is 23.7 Å². The molecule has 0 spiro atoms. The average Bonchev–Trinajstić information content (AvgIpc) is 2.86. The summed E-state index contributed by atoms with van der Waals surface area (Å²) in [4.78, 5) is 15.7. The molecule has 1 N–H and O–H groups in total. The van der Waals surface area contributed by atoms with E-state index in [1.165, 1.54) is 6.42 Å². The van der Waals surface area contributed by atoms with Gasteiger partial charge in [-0.3, -0.25) is 4.79 Å². The first kappa shape index (κ1) is 11.5. The molecule has 1 aromatic rings. The van der Waals surface area contributed by atoms with E-state index in [-0.39, 0.29) is 12.4 Å². The quantitative estimate of drug-likeness (QED) is 0.813. The summed E-state index contributed by atoms with van der Waals surface area (Å²) in [6.45, 7) is 3.31. The first-order valence-electron chi connectivity index (χ1n) is 5.63. The molecule has 4 nitrogen and oxygen atoms in total. The third-order valence-electron chi connectivity index (χ3n) is 2.56. The Morgan fingerprint density at radius 1 is 1.75 bits per heavy atom. The SMILES string of the molecule is CCOC(=O)Cc1csc(C2CCCN2)n1. The number of ether oxygens (including phenoxy) is 1. The lowest BCUT2D eigenvalue weighted by Gasteiger charge is -2.04. The zero-order valence-corrected chi connectivity index (χ0v) is 10.2. The zero-order chi connectivity index (χ0) is 11.4. The van der Waals surface area contributed by atoms with Gasteiger partial charge in [0.25, 0.3) is 0 Å². The van der Waals surface area contributed by atoms with Crippen LogP contribution in [0.2, 0.25) is 0 Å². The Hall–Kier alpha value is -0.940. The summed E-state index contributed by atoms with van der Waals surface area (Å²) in [5.41, 5.74) is 0.826. The number of nitrogens with zero attached hydrogens (tertiary/aromatic N) is 1. The van der Waals surface area contributed by atoms with Crippen LogP contribution in [0.3, 0.4) is 0 Å². The van der Waals surface area contributed by atoms with E-state index in [1.807, 2.05) is 12.3 Å². The van der Waals surface area contributed by atoms with Gasteiger partial charge in [-0.05, 0) is 26.3 Å². The van der Waals surface area contributed by atoms with Crippen molar-refractivity contribution < 1.29 is 9.53 Å². The average molecular weight is 240 g/mol. The minimum absolute atomic E-state index is 0.196. The molecule has 16 heavy (non-hydrogen) atoms. The number of hydrogen-bond acceptors (Lipinski definition) is 5. The van der Waals surface area contributed by atoms with Gasteiger partial charge in [0.15, 0.2) is 0 Å². The van der Waals surface area contributed by atoms with Crippen molar-refractivity contribution in [1.82, 2.24) is 10.3 Å². The molecule has 0 aliphatic carbocycles. The van der Waals surface area contributed by atoms with Crippen molar-refractivity contribution in [3.8, 4) is 0 Å². The lowest BCUT2D eigenvalue weighted by molar-refractivity contribution is -0.142. The van der Waals surface area contributed by atoms with Crippen molar-refractivity contribution in [3.63, 3.8) is 0 Å². The van der Waals surface area contributed by atoms with Crippen LogP contribution in [0.1, 0.15) is 36.5 Å². The normalized spacial score (nSPS) is 19.9. The number of esters is 1. The van der Waals surface area contributed by atoms with Gasteiger partial charge in [0, 0.05) is 5.38 Å². The van der Waals surface area contributed by atoms with E-state index in [9.17, 15) is 4.79 Å². The minimum atomic E-state index is -0.196. The van der Waals surface area contributed by atoms with Gasteiger partial charge < -0.3 is 10.1 Å². The maximum atomic E-state index is 11.3. The van der Waals surface area contributed by atoms with Crippen LogP contribution in [0, 0.1) is 0 Å². The molecule has 0 bridgehead atoms. The van der Waals surface area contributed by atoms with Crippen molar-refractivity contribution in [3.05, 3.63) is 16.1 Å². The standard InChI is InChI=1S/C11H16N2O2S/c1-2-15-10(14)6-8-7-16-11(13-8)9-4-3-5-12-9/h7,9,12H,2-6H2,1H3. The molecule has 1 fully saturated rings. The van der Waals surface area contributed by atoms with E-state index in [1.54, 1.807) is 11.3 Å². The smallest absolute Gasteiger partial charge is 0.311 e. The largest absolute Gasteiger partial charge is 0.466 e. The maximum Gasteiger partial charge on any atom is 0.311 e. The first-order chi connectivity index (χ1) is 7.79. The highest BCUT2D eigenvalue weighted by Gasteiger charge is 2.19. The molecule has 1 aliphatic rings. The van der Waals surface area contributed by atoms with Gasteiger partial charge in [-0.2, -0.15) is 0 Å². The summed E-state index contributed by atoms with van der Waals surface area (Å²) >= 11 is 1.63. The van der Waals surface area contributed by atoms with Crippen LogP contribution in [-0.4, -0.2) is 24.1 Å². The predicted molar refractivity (Wildman–Crippen MR) is 62.4 cm³/mol. The predicted octanol–water partition coefficient (Wildman–Crippen LogP) is 1.67. The number of nitrogens with one attached hydrogen (secondary N) is 1. The fourth-order valence-electron chi connectivity index (χ4n) is 1.82. The van der Waals surface area contributed by atoms with Crippen LogP contribution in [0.5, 0.6) is 0 Å². The Morgan fingerprint density at radius 2 is 2.62 bits per heavy atom. The number of carbonyl (C=O) groups excluding carboxylic acids is 1. The van der Waals surface area contributed by atoms with Crippen LogP contribution < -0.4 is 5.32 Å². The Bertz CT molecular complexity index is 359. The van der Waals surface area contributed by atoms with Crippen LogP contribution in [0.4, 0.5) is 0 Å². The summed E-state index contributed by atoms with van der Waals surface area (Å²) in [7, 11) is 0. The Labute approximate surface area is 99.0 Å². The molecule has 0 aromatic carbocycles. The van der Waals surface area contributed by atoms with Crippen molar-refractivity contribution in [1.29, 1.82) is 0 Å². The molecule has 1 atom stereocenters. The van der Waals surface area contributed by atoms with Crippen molar-refractivity contribution in [2.75, 3.05) is 13.2 Å². The maximum absolute atomic E-state index is 11.3. The molecule has 1 unspecified atom stereocenters. The van der Waals surface area contributed by atoms with Crippen LogP contribution >= 0.6 is 11.3 Å². The van der Waals surface area contributed by atoms with Crippen molar-refractivity contribution >= 4 is 17.3 Å². The van der Waals surface area contributed by atoms with Crippen molar-refractivity contribution in [2.45, 2.75) is 32.2 Å². The van der Waals surface area contributed by atoms with Gasteiger partial charge in [0.05, 0.1) is 24.8 Å². The second-order valence-corrected chi connectivity index (χ2v) is 4.70. The summed E-state index contributed by atoms with van der Waals surface area (Å²) in [5, 5.41) is 6.44. The second-order valence-electron chi connectivity index (χ2n) is 3.81. The molecule has 1 aromatic heterocycles. The lowest BCUT2D eigenvalue weighted by atomic mass is 10.2. The van der Waals surface area contributed by atoms with Gasteiger partial charge in [0.2, 0.25) is 0 Å². The van der Waals surface area contributed by atoms with Crippen LogP contribution in [-0.2, 0) is 16.0 Å². The van der Waals surface area contributed by atoms with Crippen LogP contribution in [0.15, 0.2) is 5.38 Å². The Kier molecular flexibility index (Phi) is 3.90. The molecule has 5 heteroatoms. The fraction of sp³-hybridized carbons (Fsp3) is 0.636. The van der Waals surface area contributed by atoms with Gasteiger partial charge in [-0.15, -0.1) is 11.3 Å². The summed E-state index contributed by atoms with van der Waals surface area (Å²) < 4.78 is 4.89. The van der Waals surface area contributed by atoms with Gasteiger partial charge in [-0.25, -0.2) is 4.98 Å². The zero-order valence-electron chi connectivity index (χ0n) is 9.36. The third kappa shape index (κ3) is 2.80. The topological polar surface area (TPSA) is 51.2 Å². The monoisotopic (exact) mass is 240 g/mol. The minimum Gasteiger partial charge on any atom is -0.466 e. The fourth-order valence-corrected chi connectivity index (χ4v) is 2.75. The van der Waals surface area contributed by atoms with E-state index in [2.05, 4.69) is 10.3 Å². The highest BCUT2D eigenvalue weighted by atomic mass is 32.1. The number of hydrogen-bond donors (Lipinski definition) is 1. The number of carbonyl (C=O) groups is 1. The number of thiazole rings is 1. The molecule has 0 amide bonds. The Balaban J connectivity index is 1.93. The van der Waals surface area contributed by atoms with E-state index in [0.29, 0.717) is 12.6 Å². The highest BCUT2D eigenvalue weighted by Crippen LogP contribution is 2.25. The summed E-state index contributed by atoms with van der Waals surface area (Å²) in [6, 6.07) is 0.390. The molecule has 88 valence electrons. The molecule has 2 heterocycles. The van der Waals surface area contributed by atoms with E-state index in [4.69, 9.17) is 4.74 Å². The first-order valence-corrected chi connectivity index (χ1v) is 6.51. The van der Waals surface area contributed by atoms with Crippen molar-refractivity contribution in [2.24, 2.45) is 0 Å². The third-order valence-corrected chi connectivity index (χ3v) is 3.57. The van der Waals surface area contributed by atoms with Crippen LogP contribution in [0.25, 0.3) is 0 Å².